The molecule has 0 radical (unpaired) electrons. The van der Waals surface area contributed by atoms with Gasteiger partial charge in [-0.15, -0.1) is 12.4 Å². The summed E-state index contributed by atoms with van der Waals surface area (Å²) in [7, 11) is 1.95. The molecule has 1 aromatic rings. The first-order valence-electron chi connectivity index (χ1n) is 7.64. The maximum absolute atomic E-state index is 12.6. The van der Waals surface area contributed by atoms with Crippen molar-refractivity contribution < 1.29 is 14.3 Å². The van der Waals surface area contributed by atoms with Crippen LogP contribution in [0.4, 0.5) is 0 Å². The van der Waals surface area contributed by atoms with Gasteiger partial charge < -0.3 is 19.7 Å². The molecular weight excluding hydrogens is 304 g/mol. The Balaban J connectivity index is 0.00000176. The van der Waals surface area contributed by atoms with E-state index in [4.69, 9.17) is 9.47 Å². The minimum absolute atomic E-state index is 0. The second-order valence-electron chi connectivity index (χ2n) is 5.59. The lowest BCUT2D eigenvalue weighted by Crippen LogP contribution is -2.46. The smallest absolute Gasteiger partial charge is 0.254 e. The van der Waals surface area contributed by atoms with E-state index in [1.807, 2.05) is 30.1 Å². The van der Waals surface area contributed by atoms with Crippen LogP contribution in [0.2, 0.25) is 0 Å². The monoisotopic (exact) mass is 326 g/mol. The molecule has 0 aromatic heterocycles. The number of rotatable bonds is 2. The molecule has 2 aliphatic heterocycles. The van der Waals surface area contributed by atoms with Crippen molar-refractivity contribution in [3.63, 3.8) is 0 Å². The molecular formula is C16H23ClN2O3. The van der Waals surface area contributed by atoms with Crippen molar-refractivity contribution in [2.75, 3.05) is 33.4 Å². The molecule has 0 spiro atoms. The van der Waals surface area contributed by atoms with Crippen LogP contribution in [0.1, 0.15) is 29.6 Å². The normalized spacial score (nSPS) is 20.8. The van der Waals surface area contributed by atoms with Crippen LogP contribution >= 0.6 is 12.4 Å². The molecule has 0 saturated carbocycles. The van der Waals surface area contributed by atoms with Crippen LogP contribution in [0.5, 0.6) is 11.5 Å². The molecule has 1 atom stereocenters. The number of piperidine rings is 1. The van der Waals surface area contributed by atoms with Crippen molar-refractivity contribution in [1.82, 2.24) is 10.2 Å². The van der Waals surface area contributed by atoms with Gasteiger partial charge in [0.15, 0.2) is 11.5 Å². The summed E-state index contributed by atoms with van der Waals surface area (Å²) in [5.41, 5.74) is 0.677. The molecule has 1 aromatic carbocycles. The van der Waals surface area contributed by atoms with Gasteiger partial charge in [-0.25, -0.2) is 0 Å². The fraction of sp³-hybridized carbons (Fsp3) is 0.562. The van der Waals surface area contributed by atoms with E-state index in [9.17, 15) is 4.79 Å². The minimum Gasteiger partial charge on any atom is -0.490 e. The SMILES string of the molecule is CNC1CCCN(C(=O)c2ccc3c(c2)OCCCO3)C1.Cl. The summed E-state index contributed by atoms with van der Waals surface area (Å²) in [6, 6.07) is 5.88. The van der Waals surface area contributed by atoms with Gasteiger partial charge in [0.05, 0.1) is 13.2 Å². The molecule has 2 aliphatic rings. The highest BCUT2D eigenvalue weighted by Crippen LogP contribution is 2.31. The summed E-state index contributed by atoms with van der Waals surface area (Å²) in [5.74, 6) is 1.49. The standard InChI is InChI=1S/C16H22N2O3.ClH/c1-17-13-4-2-7-18(11-13)16(19)12-5-6-14-15(10-12)21-9-3-8-20-14;/h5-6,10,13,17H,2-4,7-9,11H2,1H3;1H. The first kappa shape index (κ1) is 16.9. The molecule has 1 amide bonds. The quantitative estimate of drug-likeness (QED) is 0.904. The number of ether oxygens (including phenoxy) is 2. The van der Waals surface area contributed by atoms with E-state index in [1.54, 1.807) is 0 Å². The second-order valence-corrected chi connectivity index (χ2v) is 5.59. The van der Waals surface area contributed by atoms with Gasteiger partial charge in [-0.2, -0.15) is 0 Å². The molecule has 1 unspecified atom stereocenters. The maximum Gasteiger partial charge on any atom is 0.254 e. The molecule has 1 N–H and O–H groups in total. The lowest BCUT2D eigenvalue weighted by atomic mass is 10.0. The van der Waals surface area contributed by atoms with E-state index < -0.39 is 0 Å². The van der Waals surface area contributed by atoms with E-state index >= 15 is 0 Å². The predicted octanol–water partition coefficient (Wildman–Crippen LogP) is 2.09. The number of halogens is 1. The van der Waals surface area contributed by atoms with Crippen LogP contribution in [0, 0.1) is 0 Å². The van der Waals surface area contributed by atoms with E-state index in [1.165, 1.54) is 0 Å². The third-order valence-corrected chi connectivity index (χ3v) is 4.11. The van der Waals surface area contributed by atoms with E-state index in [0.717, 1.165) is 38.1 Å². The minimum atomic E-state index is 0. The van der Waals surface area contributed by atoms with Gasteiger partial charge in [-0.1, -0.05) is 0 Å². The number of carbonyl (C=O) groups is 1. The highest BCUT2D eigenvalue weighted by molar-refractivity contribution is 5.95. The zero-order chi connectivity index (χ0) is 14.7. The molecule has 0 aliphatic carbocycles. The zero-order valence-corrected chi connectivity index (χ0v) is 13.7. The number of likely N-dealkylation sites (N-methyl/N-ethyl adjacent to an activating group) is 1. The average Bonchev–Trinajstić information content (AvgIpc) is 2.78. The molecule has 1 fully saturated rings. The fourth-order valence-electron chi connectivity index (χ4n) is 2.88. The van der Waals surface area contributed by atoms with Crippen molar-refractivity contribution in [2.24, 2.45) is 0 Å². The van der Waals surface area contributed by atoms with Crippen LogP contribution in [-0.2, 0) is 0 Å². The summed E-state index contributed by atoms with van der Waals surface area (Å²) in [6.45, 7) is 2.89. The van der Waals surface area contributed by atoms with Gasteiger partial charge in [-0.3, -0.25) is 4.79 Å². The van der Waals surface area contributed by atoms with Crippen LogP contribution in [0.3, 0.4) is 0 Å². The van der Waals surface area contributed by atoms with Crippen molar-refractivity contribution in [2.45, 2.75) is 25.3 Å². The van der Waals surface area contributed by atoms with Crippen LogP contribution in [0.15, 0.2) is 18.2 Å². The second kappa shape index (κ2) is 7.70. The summed E-state index contributed by atoms with van der Waals surface area (Å²) in [5, 5.41) is 3.26. The predicted molar refractivity (Wildman–Crippen MR) is 87.3 cm³/mol. The molecule has 6 heteroatoms. The van der Waals surface area contributed by atoms with E-state index in [2.05, 4.69) is 5.32 Å². The molecule has 122 valence electrons. The van der Waals surface area contributed by atoms with Crippen LogP contribution < -0.4 is 14.8 Å². The van der Waals surface area contributed by atoms with Crippen molar-refractivity contribution >= 4 is 18.3 Å². The fourth-order valence-corrected chi connectivity index (χ4v) is 2.88. The number of hydrogen-bond acceptors (Lipinski definition) is 4. The Bertz CT molecular complexity index is 524. The number of nitrogens with one attached hydrogen (secondary N) is 1. The van der Waals surface area contributed by atoms with Crippen molar-refractivity contribution in [3.8, 4) is 11.5 Å². The van der Waals surface area contributed by atoms with Crippen molar-refractivity contribution in [1.29, 1.82) is 0 Å². The lowest BCUT2D eigenvalue weighted by Gasteiger charge is -2.32. The molecule has 1 saturated heterocycles. The summed E-state index contributed by atoms with van der Waals surface area (Å²) in [4.78, 5) is 14.6. The number of likely N-dealkylation sites (tertiary alicyclic amines) is 1. The highest BCUT2D eigenvalue weighted by atomic mass is 35.5. The lowest BCUT2D eigenvalue weighted by molar-refractivity contribution is 0.0697. The van der Waals surface area contributed by atoms with E-state index in [0.29, 0.717) is 30.6 Å². The zero-order valence-electron chi connectivity index (χ0n) is 12.8. The number of carbonyl (C=O) groups excluding carboxylic acids is 1. The van der Waals surface area contributed by atoms with Crippen molar-refractivity contribution in [3.05, 3.63) is 23.8 Å². The first-order chi connectivity index (χ1) is 10.3. The van der Waals surface area contributed by atoms with Crippen LogP contribution in [0.25, 0.3) is 0 Å². The third kappa shape index (κ3) is 3.65. The Kier molecular flexibility index (Phi) is 5.91. The largest absolute Gasteiger partial charge is 0.490 e. The Labute approximate surface area is 137 Å². The molecule has 2 heterocycles. The molecule has 3 rings (SSSR count). The number of hydrogen-bond donors (Lipinski definition) is 1. The number of fused-ring (bicyclic) bond motifs is 1. The van der Waals surface area contributed by atoms with Gasteiger partial charge in [0, 0.05) is 31.1 Å². The average molecular weight is 327 g/mol. The van der Waals surface area contributed by atoms with Crippen LogP contribution in [-0.4, -0.2) is 50.2 Å². The topological polar surface area (TPSA) is 50.8 Å². The molecule has 0 bridgehead atoms. The third-order valence-electron chi connectivity index (χ3n) is 4.11. The van der Waals surface area contributed by atoms with Gasteiger partial charge in [0.25, 0.3) is 5.91 Å². The number of nitrogens with zero attached hydrogens (tertiary/aromatic N) is 1. The Hall–Kier alpha value is -1.46. The number of amides is 1. The summed E-state index contributed by atoms with van der Waals surface area (Å²) in [6.07, 6.45) is 3.04. The molecule has 5 nitrogen and oxygen atoms in total. The Morgan fingerprint density at radius 2 is 2.00 bits per heavy atom. The summed E-state index contributed by atoms with van der Waals surface area (Å²) >= 11 is 0. The maximum atomic E-state index is 12.6. The van der Waals surface area contributed by atoms with E-state index in [-0.39, 0.29) is 18.3 Å². The highest BCUT2D eigenvalue weighted by Gasteiger charge is 2.24. The van der Waals surface area contributed by atoms with Gasteiger partial charge >= 0.3 is 0 Å². The Morgan fingerprint density at radius 3 is 2.77 bits per heavy atom. The van der Waals surface area contributed by atoms with Gasteiger partial charge in [0.1, 0.15) is 0 Å². The summed E-state index contributed by atoms with van der Waals surface area (Å²) < 4.78 is 11.3. The first-order valence-corrected chi connectivity index (χ1v) is 7.64. The number of benzene rings is 1. The van der Waals surface area contributed by atoms with Gasteiger partial charge in [0.2, 0.25) is 0 Å². The van der Waals surface area contributed by atoms with Gasteiger partial charge in [-0.05, 0) is 38.1 Å². The Morgan fingerprint density at radius 1 is 1.23 bits per heavy atom. The molecule has 22 heavy (non-hydrogen) atoms.